The minimum atomic E-state index is -0.401. The molecule has 0 bridgehead atoms. The van der Waals surface area contributed by atoms with Gasteiger partial charge in [-0.15, -0.1) is 5.10 Å². The van der Waals surface area contributed by atoms with E-state index in [4.69, 9.17) is 10.5 Å². The van der Waals surface area contributed by atoms with Crippen LogP contribution in [0.1, 0.15) is 19.8 Å². The number of anilines is 1. The molecule has 1 aromatic heterocycles. The van der Waals surface area contributed by atoms with Gasteiger partial charge in [0.05, 0.1) is 18.7 Å². The number of hydrogen-bond acceptors (Lipinski definition) is 5. The van der Waals surface area contributed by atoms with Crippen molar-refractivity contribution < 1.29 is 9.13 Å². The zero-order valence-corrected chi connectivity index (χ0v) is 11.4. The van der Waals surface area contributed by atoms with Crippen LogP contribution in [0.4, 0.5) is 10.1 Å². The summed E-state index contributed by atoms with van der Waals surface area (Å²) in [6.07, 6.45) is 2.11. The standard InChI is InChI=1S/C13H18FN5O/c1-2-3-7-20-8-6-19-13(16-17-18-19)11-9-10(15)4-5-12(11)14/h4-5,9H,2-3,6-8,15H2,1H3. The van der Waals surface area contributed by atoms with E-state index in [9.17, 15) is 4.39 Å². The molecule has 0 aliphatic heterocycles. The summed E-state index contributed by atoms with van der Waals surface area (Å²) in [7, 11) is 0. The van der Waals surface area contributed by atoms with Crippen LogP contribution in [-0.4, -0.2) is 33.4 Å². The maximum Gasteiger partial charge on any atom is 0.185 e. The summed E-state index contributed by atoms with van der Waals surface area (Å²) in [5, 5.41) is 11.3. The van der Waals surface area contributed by atoms with Crippen molar-refractivity contribution >= 4 is 5.69 Å². The van der Waals surface area contributed by atoms with Crippen molar-refractivity contribution in [2.24, 2.45) is 0 Å². The molecule has 20 heavy (non-hydrogen) atoms. The number of tetrazole rings is 1. The molecule has 1 aromatic carbocycles. The predicted octanol–water partition coefficient (Wildman–Crippen LogP) is 1.88. The fourth-order valence-corrected chi connectivity index (χ4v) is 1.76. The van der Waals surface area contributed by atoms with E-state index in [2.05, 4.69) is 22.4 Å². The summed E-state index contributed by atoms with van der Waals surface area (Å²) in [6, 6.07) is 4.33. The van der Waals surface area contributed by atoms with E-state index in [0.717, 1.165) is 12.8 Å². The molecule has 0 aliphatic carbocycles. The van der Waals surface area contributed by atoms with Gasteiger partial charge in [-0.3, -0.25) is 0 Å². The van der Waals surface area contributed by atoms with Gasteiger partial charge in [-0.05, 0) is 35.0 Å². The Hall–Kier alpha value is -2.02. The fraction of sp³-hybridized carbons (Fsp3) is 0.462. The molecule has 0 radical (unpaired) electrons. The van der Waals surface area contributed by atoms with Gasteiger partial charge >= 0.3 is 0 Å². The van der Waals surface area contributed by atoms with Gasteiger partial charge in [0.2, 0.25) is 0 Å². The Labute approximate surface area is 116 Å². The van der Waals surface area contributed by atoms with Crippen LogP contribution in [0.2, 0.25) is 0 Å². The van der Waals surface area contributed by atoms with Crippen molar-refractivity contribution in [3.63, 3.8) is 0 Å². The van der Waals surface area contributed by atoms with E-state index < -0.39 is 5.82 Å². The van der Waals surface area contributed by atoms with Crippen molar-refractivity contribution in [2.75, 3.05) is 18.9 Å². The third-order valence-corrected chi connectivity index (χ3v) is 2.85. The summed E-state index contributed by atoms with van der Waals surface area (Å²) in [4.78, 5) is 0. The first-order chi connectivity index (χ1) is 9.72. The number of unbranched alkanes of at least 4 members (excludes halogenated alkanes) is 1. The van der Waals surface area contributed by atoms with Crippen LogP contribution in [0.15, 0.2) is 18.2 Å². The molecule has 1 heterocycles. The quantitative estimate of drug-likeness (QED) is 0.618. The Morgan fingerprint density at radius 3 is 3.00 bits per heavy atom. The smallest absolute Gasteiger partial charge is 0.185 e. The highest BCUT2D eigenvalue weighted by Crippen LogP contribution is 2.22. The number of benzene rings is 1. The molecule has 2 N–H and O–H groups in total. The number of aromatic nitrogens is 4. The van der Waals surface area contributed by atoms with Crippen molar-refractivity contribution in [3.05, 3.63) is 24.0 Å². The molecule has 7 heteroatoms. The lowest BCUT2D eigenvalue weighted by molar-refractivity contribution is 0.121. The van der Waals surface area contributed by atoms with Crippen molar-refractivity contribution in [1.29, 1.82) is 0 Å². The number of hydrogen-bond donors (Lipinski definition) is 1. The Morgan fingerprint density at radius 2 is 2.20 bits per heavy atom. The van der Waals surface area contributed by atoms with Crippen LogP contribution in [-0.2, 0) is 11.3 Å². The summed E-state index contributed by atoms with van der Waals surface area (Å²) in [6.45, 7) is 3.77. The summed E-state index contributed by atoms with van der Waals surface area (Å²) < 4.78 is 20.8. The first-order valence-corrected chi connectivity index (χ1v) is 6.61. The largest absolute Gasteiger partial charge is 0.399 e. The molecular formula is C13H18FN5O. The minimum absolute atomic E-state index is 0.295. The predicted molar refractivity (Wildman–Crippen MR) is 73.4 cm³/mol. The highest BCUT2D eigenvalue weighted by molar-refractivity contribution is 5.61. The minimum Gasteiger partial charge on any atom is -0.399 e. The Balaban J connectivity index is 2.06. The van der Waals surface area contributed by atoms with E-state index in [1.165, 1.54) is 22.9 Å². The monoisotopic (exact) mass is 279 g/mol. The first kappa shape index (κ1) is 14.4. The van der Waals surface area contributed by atoms with E-state index >= 15 is 0 Å². The van der Waals surface area contributed by atoms with E-state index in [1.807, 2.05) is 0 Å². The number of halogens is 1. The second-order valence-electron chi connectivity index (χ2n) is 4.43. The molecule has 6 nitrogen and oxygen atoms in total. The molecule has 0 amide bonds. The molecule has 0 saturated heterocycles. The fourth-order valence-electron chi connectivity index (χ4n) is 1.76. The van der Waals surface area contributed by atoms with Gasteiger partial charge in [0, 0.05) is 12.3 Å². The van der Waals surface area contributed by atoms with Gasteiger partial charge < -0.3 is 10.5 Å². The average molecular weight is 279 g/mol. The molecule has 0 saturated carbocycles. The lowest BCUT2D eigenvalue weighted by Crippen LogP contribution is -2.10. The highest BCUT2D eigenvalue weighted by Gasteiger charge is 2.13. The van der Waals surface area contributed by atoms with Crippen LogP contribution in [0.25, 0.3) is 11.4 Å². The number of ether oxygens (including phenoxy) is 1. The molecule has 2 aromatic rings. The molecule has 0 fully saturated rings. The van der Waals surface area contributed by atoms with Gasteiger partial charge in [0.15, 0.2) is 5.82 Å². The Kier molecular flexibility index (Phi) is 5.00. The highest BCUT2D eigenvalue weighted by atomic mass is 19.1. The second kappa shape index (κ2) is 6.95. The van der Waals surface area contributed by atoms with Crippen LogP contribution in [0, 0.1) is 5.82 Å². The van der Waals surface area contributed by atoms with Crippen molar-refractivity contribution in [2.45, 2.75) is 26.3 Å². The molecule has 0 atom stereocenters. The molecule has 2 rings (SSSR count). The van der Waals surface area contributed by atoms with Crippen molar-refractivity contribution in [1.82, 2.24) is 20.2 Å². The van der Waals surface area contributed by atoms with Gasteiger partial charge in [0.1, 0.15) is 5.82 Å². The van der Waals surface area contributed by atoms with Crippen LogP contribution in [0.3, 0.4) is 0 Å². The first-order valence-electron chi connectivity index (χ1n) is 6.61. The van der Waals surface area contributed by atoms with Crippen molar-refractivity contribution in [3.8, 4) is 11.4 Å². The number of nitrogens with zero attached hydrogens (tertiary/aromatic N) is 4. The maximum absolute atomic E-state index is 13.8. The van der Waals surface area contributed by atoms with Crippen LogP contribution >= 0.6 is 0 Å². The SMILES string of the molecule is CCCCOCCn1nnnc1-c1cc(N)ccc1F. The van der Waals surface area contributed by atoms with E-state index in [1.54, 1.807) is 0 Å². The lowest BCUT2D eigenvalue weighted by Gasteiger charge is -2.07. The van der Waals surface area contributed by atoms with Gasteiger partial charge in [-0.25, -0.2) is 9.07 Å². The topological polar surface area (TPSA) is 78.8 Å². The number of nitrogens with two attached hydrogens (primary N) is 1. The molecule has 0 unspecified atom stereocenters. The Bertz CT molecular complexity index is 557. The van der Waals surface area contributed by atoms with Gasteiger partial charge in [-0.2, -0.15) is 0 Å². The normalized spacial score (nSPS) is 10.9. The lowest BCUT2D eigenvalue weighted by atomic mass is 10.2. The third-order valence-electron chi connectivity index (χ3n) is 2.85. The summed E-state index contributed by atoms with van der Waals surface area (Å²) >= 11 is 0. The van der Waals surface area contributed by atoms with E-state index in [-0.39, 0.29) is 0 Å². The average Bonchev–Trinajstić information content (AvgIpc) is 2.89. The third kappa shape index (κ3) is 3.51. The zero-order chi connectivity index (χ0) is 14.4. The van der Waals surface area contributed by atoms with Crippen LogP contribution < -0.4 is 5.73 Å². The summed E-state index contributed by atoms with van der Waals surface area (Å²) in [5.41, 5.74) is 6.43. The second-order valence-corrected chi connectivity index (χ2v) is 4.43. The van der Waals surface area contributed by atoms with Crippen LogP contribution in [0.5, 0.6) is 0 Å². The molecular weight excluding hydrogens is 261 g/mol. The molecule has 0 aliphatic rings. The van der Waals surface area contributed by atoms with Gasteiger partial charge in [0.25, 0.3) is 0 Å². The Morgan fingerprint density at radius 1 is 1.35 bits per heavy atom. The van der Waals surface area contributed by atoms with E-state index in [0.29, 0.717) is 36.8 Å². The van der Waals surface area contributed by atoms with Gasteiger partial charge in [-0.1, -0.05) is 13.3 Å². The molecule has 108 valence electrons. The maximum atomic E-state index is 13.8. The zero-order valence-electron chi connectivity index (χ0n) is 11.4. The summed E-state index contributed by atoms with van der Waals surface area (Å²) in [5.74, 6) is -0.0453. The molecule has 0 spiro atoms. The number of nitrogen functional groups attached to an aromatic ring is 1. The number of rotatable bonds is 7.